The highest BCUT2D eigenvalue weighted by Crippen LogP contribution is 2.40. The van der Waals surface area contributed by atoms with Crippen LogP contribution in [0.25, 0.3) is 0 Å². The fraction of sp³-hybridized carbons (Fsp3) is 0.833. The second kappa shape index (κ2) is 4.44. The number of ether oxygens (including phenoxy) is 2. The van der Waals surface area contributed by atoms with Crippen LogP contribution in [0.5, 0.6) is 0 Å². The van der Waals surface area contributed by atoms with E-state index < -0.39 is 31.0 Å². The van der Waals surface area contributed by atoms with E-state index in [1.165, 1.54) is 0 Å². The molecule has 0 heterocycles. The Bertz CT molecular complexity index is 258. The molecule has 0 rings (SSSR count). The topological polar surface area (TPSA) is 35.5 Å². The zero-order valence-corrected chi connectivity index (χ0v) is 7.58. The average Bonchev–Trinajstić information content (AvgIpc) is 1.99. The molecular weight excluding hydrogens is 253 g/mol. The van der Waals surface area contributed by atoms with Gasteiger partial charge in [-0.15, -0.1) is 13.2 Å². The summed E-state index contributed by atoms with van der Waals surface area (Å²) in [6, 6.07) is 0. The number of halogens is 7. The molecule has 0 saturated heterocycles. The van der Waals surface area contributed by atoms with Crippen LogP contribution in [0.15, 0.2) is 0 Å². The monoisotopic (exact) mass is 258 g/mol. The first-order valence-corrected chi connectivity index (χ1v) is 3.64. The fourth-order valence-corrected chi connectivity index (χ4v) is 0.599. The van der Waals surface area contributed by atoms with E-state index in [-0.39, 0.29) is 0 Å². The van der Waals surface area contributed by atoms with E-state index in [9.17, 15) is 35.5 Å². The van der Waals surface area contributed by atoms with Crippen LogP contribution >= 0.6 is 0 Å². The average molecular weight is 258 g/mol. The third kappa shape index (κ3) is 3.51. The lowest BCUT2D eigenvalue weighted by atomic mass is 10.3. The van der Waals surface area contributed by atoms with Gasteiger partial charge in [0.15, 0.2) is 0 Å². The van der Waals surface area contributed by atoms with Gasteiger partial charge in [-0.1, -0.05) is 0 Å². The van der Waals surface area contributed by atoms with E-state index in [0.717, 1.165) is 6.92 Å². The van der Waals surface area contributed by atoms with Gasteiger partial charge >= 0.3 is 24.4 Å². The summed E-state index contributed by atoms with van der Waals surface area (Å²) >= 11 is 0. The first-order valence-electron chi connectivity index (χ1n) is 3.64. The van der Waals surface area contributed by atoms with Crippen molar-refractivity contribution in [3.8, 4) is 0 Å². The summed E-state index contributed by atoms with van der Waals surface area (Å²) in [5, 5.41) is 0. The maximum absolute atomic E-state index is 12.8. The Labute approximate surface area is 84.1 Å². The van der Waals surface area contributed by atoms with Gasteiger partial charge in [-0.05, 0) is 6.92 Å². The molecule has 0 fully saturated rings. The van der Waals surface area contributed by atoms with Crippen LogP contribution in [0.3, 0.4) is 0 Å². The normalized spacial score (nSPS) is 16.8. The standard InChI is InChI=1S/C6H5F7O3/c1-2-15-3(14)4(7,5(8,9)10)16-6(11,12)13/h2H2,1H3/t4-/m1/s1. The fourth-order valence-electron chi connectivity index (χ4n) is 0.599. The van der Waals surface area contributed by atoms with Gasteiger partial charge in [0.25, 0.3) is 0 Å². The minimum atomic E-state index is -6.20. The lowest BCUT2D eigenvalue weighted by Gasteiger charge is -2.25. The molecule has 0 saturated carbocycles. The lowest BCUT2D eigenvalue weighted by Crippen LogP contribution is -2.54. The molecule has 0 spiro atoms. The van der Waals surface area contributed by atoms with Crippen LogP contribution in [-0.4, -0.2) is 31.0 Å². The highest BCUT2D eigenvalue weighted by atomic mass is 19.4. The van der Waals surface area contributed by atoms with E-state index in [0.29, 0.717) is 0 Å². The van der Waals surface area contributed by atoms with Gasteiger partial charge in [0, 0.05) is 0 Å². The van der Waals surface area contributed by atoms with Crippen LogP contribution in [0.4, 0.5) is 30.7 Å². The minimum Gasteiger partial charge on any atom is -0.462 e. The largest absolute Gasteiger partial charge is 0.525 e. The number of alkyl halides is 7. The number of esters is 1. The van der Waals surface area contributed by atoms with Crippen molar-refractivity contribution >= 4 is 5.97 Å². The molecule has 16 heavy (non-hydrogen) atoms. The maximum Gasteiger partial charge on any atom is 0.525 e. The van der Waals surface area contributed by atoms with Gasteiger partial charge in [-0.25, -0.2) is 9.53 Å². The number of hydrogen-bond acceptors (Lipinski definition) is 3. The Kier molecular flexibility index (Phi) is 4.14. The van der Waals surface area contributed by atoms with Crippen LogP contribution in [0.2, 0.25) is 0 Å². The Hall–Kier alpha value is -1.06. The predicted molar refractivity (Wildman–Crippen MR) is 33.7 cm³/mol. The first kappa shape index (κ1) is 14.9. The number of rotatable bonds is 3. The zero-order valence-electron chi connectivity index (χ0n) is 7.58. The summed E-state index contributed by atoms with van der Waals surface area (Å²) < 4.78 is 88.8. The highest BCUT2D eigenvalue weighted by Gasteiger charge is 2.69. The summed E-state index contributed by atoms with van der Waals surface area (Å²) in [5.41, 5.74) is 0. The SMILES string of the molecule is CCOC(=O)[C@@](F)(OC(F)(F)F)C(F)(F)F. The van der Waals surface area contributed by atoms with E-state index in [4.69, 9.17) is 0 Å². The van der Waals surface area contributed by atoms with Crippen molar-refractivity contribution in [1.29, 1.82) is 0 Å². The molecule has 3 nitrogen and oxygen atoms in total. The zero-order chi connectivity index (χ0) is 13.2. The van der Waals surface area contributed by atoms with E-state index in [1.54, 1.807) is 0 Å². The van der Waals surface area contributed by atoms with Crippen molar-refractivity contribution in [2.45, 2.75) is 25.3 Å². The summed E-state index contributed by atoms with van der Waals surface area (Å²) in [5.74, 6) is -8.36. The third-order valence-corrected chi connectivity index (χ3v) is 1.16. The molecular formula is C6H5F7O3. The molecule has 0 aromatic carbocycles. The molecule has 0 unspecified atom stereocenters. The second-order valence-electron chi connectivity index (χ2n) is 2.36. The molecule has 0 aliphatic rings. The predicted octanol–water partition coefficient (Wildman–Crippen LogP) is 2.31. The van der Waals surface area contributed by atoms with Crippen molar-refractivity contribution in [2.75, 3.05) is 6.61 Å². The maximum atomic E-state index is 12.8. The summed E-state index contributed by atoms with van der Waals surface area (Å²) in [4.78, 5) is 10.4. The summed E-state index contributed by atoms with van der Waals surface area (Å²) in [6.07, 6.45) is -12.2. The molecule has 0 N–H and O–H groups in total. The Balaban J connectivity index is 5.13. The molecule has 1 atom stereocenters. The Morgan fingerprint density at radius 2 is 1.50 bits per heavy atom. The molecule has 0 aliphatic carbocycles. The molecule has 0 amide bonds. The molecule has 0 aromatic heterocycles. The van der Waals surface area contributed by atoms with Gasteiger partial charge in [0.05, 0.1) is 6.61 Å². The lowest BCUT2D eigenvalue weighted by molar-refractivity contribution is -0.436. The summed E-state index contributed by atoms with van der Waals surface area (Å²) in [7, 11) is 0. The quantitative estimate of drug-likeness (QED) is 0.575. The van der Waals surface area contributed by atoms with Crippen molar-refractivity contribution in [3.63, 3.8) is 0 Å². The van der Waals surface area contributed by atoms with Gasteiger partial charge < -0.3 is 4.74 Å². The molecule has 96 valence electrons. The Morgan fingerprint density at radius 3 is 1.75 bits per heavy atom. The van der Waals surface area contributed by atoms with Crippen molar-refractivity contribution in [1.82, 2.24) is 0 Å². The van der Waals surface area contributed by atoms with Crippen molar-refractivity contribution < 1.29 is 45.0 Å². The van der Waals surface area contributed by atoms with E-state index in [2.05, 4.69) is 9.47 Å². The number of carbonyl (C=O) groups is 1. The van der Waals surface area contributed by atoms with Gasteiger partial charge in [0.1, 0.15) is 0 Å². The molecule has 10 heteroatoms. The summed E-state index contributed by atoms with van der Waals surface area (Å²) in [6.45, 7) is 0.254. The molecule has 0 bridgehead atoms. The second-order valence-corrected chi connectivity index (χ2v) is 2.36. The van der Waals surface area contributed by atoms with Gasteiger partial charge in [-0.3, -0.25) is 0 Å². The van der Waals surface area contributed by atoms with Crippen LogP contribution in [0, 0.1) is 0 Å². The minimum absolute atomic E-state index is 0.734. The van der Waals surface area contributed by atoms with E-state index >= 15 is 0 Å². The molecule has 0 aromatic rings. The van der Waals surface area contributed by atoms with E-state index in [1.807, 2.05) is 0 Å². The van der Waals surface area contributed by atoms with Crippen LogP contribution in [0.1, 0.15) is 6.92 Å². The number of hydrogen-bond donors (Lipinski definition) is 0. The molecule has 0 radical (unpaired) electrons. The van der Waals surface area contributed by atoms with Gasteiger partial charge in [-0.2, -0.15) is 17.6 Å². The number of carbonyl (C=O) groups excluding carboxylic acids is 1. The highest BCUT2D eigenvalue weighted by molar-refractivity contribution is 5.78. The molecule has 0 aliphatic heterocycles. The smallest absolute Gasteiger partial charge is 0.462 e. The third-order valence-electron chi connectivity index (χ3n) is 1.16. The Morgan fingerprint density at radius 1 is 1.06 bits per heavy atom. The van der Waals surface area contributed by atoms with Crippen LogP contribution < -0.4 is 0 Å². The van der Waals surface area contributed by atoms with Crippen molar-refractivity contribution in [2.24, 2.45) is 0 Å². The first-order chi connectivity index (χ1) is 6.94. The van der Waals surface area contributed by atoms with Crippen molar-refractivity contribution in [3.05, 3.63) is 0 Å². The van der Waals surface area contributed by atoms with Gasteiger partial charge in [0.2, 0.25) is 0 Å². The van der Waals surface area contributed by atoms with Crippen LogP contribution in [-0.2, 0) is 14.3 Å².